The second kappa shape index (κ2) is 14.6. The van der Waals surface area contributed by atoms with Gasteiger partial charge in [-0.25, -0.2) is 9.79 Å². The summed E-state index contributed by atoms with van der Waals surface area (Å²) in [5, 5.41) is 1.51. The molecule has 0 aliphatic carbocycles. The first-order valence-electron chi connectivity index (χ1n) is 14.1. The van der Waals surface area contributed by atoms with Gasteiger partial charge in [-0.1, -0.05) is 71.6 Å². The first-order chi connectivity index (χ1) is 21.6. The van der Waals surface area contributed by atoms with Crippen LogP contribution in [0, 0.1) is 0 Å². The number of aromatic nitrogens is 1. The maximum Gasteiger partial charge on any atom is 0.338 e. The van der Waals surface area contributed by atoms with Gasteiger partial charge in [-0.05, 0) is 83.4 Å². The lowest BCUT2D eigenvalue weighted by molar-refractivity contribution is -0.139. The van der Waals surface area contributed by atoms with Crippen LogP contribution in [0.2, 0.25) is 15.1 Å². The van der Waals surface area contributed by atoms with Crippen molar-refractivity contribution >= 4 is 74.1 Å². The highest BCUT2D eigenvalue weighted by molar-refractivity contribution is 9.10. The van der Waals surface area contributed by atoms with Gasteiger partial charge in [0, 0.05) is 26.2 Å². The summed E-state index contributed by atoms with van der Waals surface area (Å²) < 4.78 is 19.8. The summed E-state index contributed by atoms with van der Waals surface area (Å²) in [4.78, 5) is 32.9. The molecular weight excluding hydrogens is 723 g/mol. The lowest BCUT2D eigenvalue weighted by Crippen LogP contribution is -2.40. The van der Waals surface area contributed by atoms with Gasteiger partial charge in [-0.3, -0.25) is 9.36 Å². The van der Waals surface area contributed by atoms with E-state index in [-0.39, 0.29) is 18.8 Å². The predicted molar refractivity (Wildman–Crippen MR) is 183 cm³/mol. The molecule has 0 unspecified atom stereocenters. The van der Waals surface area contributed by atoms with Crippen LogP contribution in [0.1, 0.15) is 49.4 Å². The Balaban J connectivity index is 1.59. The molecule has 3 aromatic carbocycles. The number of hydrogen-bond donors (Lipinski definition) is 0. The van der Waals surface area contributed by atoms with Crippen molar-refractivity contribution in [1.29, 1.82) is 0 Å². The molecular formula is C33H28BrCl3N2O5S. The van der Waals surface area contributed by atoms with E-state index in [0.717, 1.165) is 17.5 Å². The third-order valence-corrected chi connectivity index (χ3v) is 9.46. The molecule has 0 N–H and O–H groups in total. The van der Waals surface area contributed by atoms with Gasteiger partial charge in [-0.2, -0.15) is 0 Å². The standard InChI is InChI=1S/C33H28BrCl3N2O5S/c1-4-6-25-29(32(41)43-5-2)30(22-15-20(35)10-12-26(22)42-3)39-31(40)28(45-33(39)38-25)14-18-7-11-27(23(34)13-18)44-17-19-8-9-21(36)16-24(19)37/h7-16,30H,4-6,17H2,1-3H3/b28-14+/t30-/m0/s1. The quantitative estimate of drug-likeness (QED) is 0.154. The van der Waals surface area contributed by atoms with E-state index in [4.69, 9.17) is 54.0 Å². The number of methoxy groups -OCH3 is 1. The highest BCUT2D eigenvalue weighted by Crippen LogP contribution is 2.38. The molecule has 1 aliphatic heterocycles. The third kappa shape index (κ3) is 7.18. The van der Waals surface area contributed by atoms with Crippen molar-refractivity contribution in [1.82, 2.24) is 4.57 Å². The van der Waals surface area contributed by atoms with E-state index in [2.05, 4.69) is 15.9 Å². The smallest absolute Gasteiger partial charge is 0.338 e. The van der Waals surface area contributed by atoms with E-state index in [1.807, 2.05) is 31.2 Å². The molecule has 7 nitrogen and oxygen atoms in total. The number of fused-ring (bicyclic) bond motifs is 1. The lowest BCUT2D eigenvalue weighted by atomic mass is 9.93. The van der Waals surface area contributed by atoms with Gasteiger partial charge < -0.3 is 14.2 Å². The molecule has 0 radical (unpaired) electrons. The summed E-state index contributed by atoms with van der Waals surface area (Å²) in [5.74, 6) is 0.555. The summed E-state index contributed by atoms with van der Waals surface area (Å²) in [6, 6.07) is 15.1. The molecule has 4 aromatic rings. The van der Waals surface area contributed by atoms with E-state index in [1.165, 1.54) is 23.0 Å². The number of nitrogens with zero attached hydrogens (tertiary/aromatic N) is 2. The van der Waals surface area contributed by atoms with Gasteiger partial charge >= 0.3 is 5.97 Å². The summed E-state index contributed by atoms with van der Waals surface area (Å²) in [6.45, 7) is 4.17. The fraction of sp³-hybridized carbons (Fsp3) is 0.242. The number of hydrogen-bond acceptors (Lipinski definition) is 7. The lowest BCUT2D eigenvalue weighted by Gasteiger charge is -2.27. The van der Waals surface area contributed by atoms with Crippen molar-refractivity contribution in [3.8, 4) is 11.5 Å². The Labute approximate surface area is 287 Å². The number of thiazole rings is 1. The monoisotopic (exact) mass is 748 g/mol. The summed E-state index contributed by atoms with van der Waals surface area (Å²) in [6.07, 6.45) is 3.05. The predicted octanol–water partition coefficient (Wildman–Crippen LogP) is 7.89. The zero-order valence-corrected chi connectivity index (χ0v) is 29.2. The van der Waals surface area contributed by atoms with Gasteiger partial charge in [-0.15, -0.1) is 0 Å². The molecule has 5 rings (SSSR count). The molecule has 0 saturated heterocycles. The maximum absolute atomic E-state index is 14.1. The Hall–Kier alpha value is -3.08. The van der Waals surface area contributed by atoms with Crippen LogP contribution in [0.4, 0.5) is 0 Å². The molecule has 1 aromatic heterocycles. The van der Waals surface area contributed by atoms with Crippen LogP contribution in [-0.2, 0) is 16.1 Å². The molecule has 0 saturated carbocycles. The summed E-state index contributed by atoms with van der Waals surface area (Å²) in [5.41, 5.74) is 2.68. The highest BCUT2D eigenvalue weighted by Gasteiger charge is 2.36. The molecule has 1 atom stereocenters. The molecule has 1 aliphatic rings. The fourth-order valence-electron chi connectivity index (χ4n) is 5.00. The number of halogens is 4. The Morgan fingerprint density at radius 3 is 2.47 bits per heavy atom. The van der Waals surface area contributed by atoms with Crippen LogP contribution in [0.5, 0.6) is 11.5 Å². The van der Waals surface area contributed by atoms with E-state index in [0.29, 0.717) is 63.6 Å². The van der Waals surface area contributed by atoms with Crippen molar-refractivity contribution < 1.29 is 19.0 Å². The SMILES string of the molecule is CCCC1=C(C(=O)OCC)[C@H](c2cc(Cl)ccc2OC)n2c(s/c(=C/c3ccc(OCc4ccc(Cl)cc4Cl)c(Br)c3)c2=O)=N1. The second-order valence-corrected chi connectivity index (χ2v) is 13.2. The van der Waals surface area contributed by atoms with Gasteiger partial charge in [0.2, 0.25) is 0 Å². The zero-order chi connectivity index (χ0) is 32.2. The molecule has 0 spiro atoms. The number of carbonyl (C=O) groups is 1. The topological polar surface area (TPSA) is 79.1 Å². The van der Waals surface area contributed by atoms with Crippen LogP contribution >= 0.6 is 62.1 Å². The van der Waals surface area contributed by atoms with Crippen molar-refractivity contribution in [2.24, 2.45) is 4.99 Å². The van der Waals surface area contributed by atoms with Crippen LogP contribution in [0.3, 0.4) is 0 Å². The second-order valence-electron chi connectivity index (χ2n) is 10.0. The average molecular weight is 751 g/mol. The number of allylic oxidation sites excluding steroid dienone is 1. The number of rotatable bonds is 10. The number of esters is 1. The van der Waals surface area contributed by atoms with Crippen molar-refractivity contribution in [2.75, 3.05) is 13.7 Å². The summed E-state index contributed by atoms with van der Waals surface area (Å²) in [7, 11) is 1.53. The van der Waals surface area contributed by atoms with E-state index < -0.39 is 12.0 Å². The Morgan fingerprint density at radius 1 is 1.04 bits per heavy atom. The highest BCUT2D eigenvalue weighted by atomic mass is 79.9. The molecule has 0 amide bonds. The van der Waals surface area contributed by atoms with Crippen molar-refractivity contribution in [3.63, 3.8) is 0 Å². The minimum Gasteiger partial charge on any atom is -0.496 e. The van der Waals surface area contributed by atoms with Crippen LogP contribution in [-0.4, -0.2) is 24.3 Å². The van der Waals surface area contributed by atoms with Gasteiger partial charge in [0.25, 0.3) is 5.56 Å². The largest absolute Gasteiger partial charge is 0.496 e. The van der Waals surface area contributed by atoms with Crippen LogP contribution in [0.25, 0.3) is 6.08 Å². The Morgan fingerprint density at radius 2 is 1.78 bits per heavy atom. The molecule has 2 heterocycles. The Bertz CT molecular complexity index is 1990. The van der Waals surface area contributed by atoms with Crippen LogP contribution < -0.4 is 24.4 Å². The van der Waals surface area contributed by atoms with Crippen molar-refractivity contribution in [3.05, 3.63) is 122 Å². The average Bonchev–Trinajstić information content (AvgIpc) is 3.31. The minimum atomic E-state index is -0.847. The molecule has 0 fully saturated rings. The molecule has 234 valence electrons. The maximum atomic E-state index is 14.1. The Kier molecular flexibility index (Phi) is 10.8. The summed E-state index contributed by atoms with van der Waals surface area (Å²) >= 11 is 23.6. The third-order valence-electron chi connectivity index (χ3n) is 7.03. The van der Waals surface area contributed by atoms with Gasteiger partial charge in [0.15, 0.2) is 4.80 Å². The van der Waals surface area contributed by atoms with E-state index in [9.17, 15) is 9.59 Å². The van der Waals surface area contributed by atoms with Crippen molar-refractivity contribution in [2.45, 2.75) is 39.3 Å². The number of carbonyl (C=O) groups excluding carboxylic acids is 1. The van der Waals surface area contributed by atoms with E-state index in [1.54, 1.807) is 43.3 Å². The molecule has 45 heavy (non-hydrogen) atoms. The van der Waals surface area contributed by atoms with E-state index >= 15 is 0 Å². The molecule has 12 heteroatoms. The van der Waals surface area contributed by atoms with Gasteiger partial charge in [0.05, 0.1) is 34.0 Å². The minimum absolute atomic E-state index is 0.173. The zero-order valence-electron chi connectivity index (χ0n) is 24.5. The normalized spacial score (nSPS) is 14.6. The number of ether oxygens (including phenoxy) is 3. The molecule has 0 bridgehead atoms. The van der Waals surface area contributed by atoms with Crippen LogP contribution in [0.15, 0.2) is 80.1 Å². The van der Waals surface area contributed by atoms with Gasteiger partial charge in [0.1, 0.15) is 24.1 Å². The number of benzene rings is 3. The first-order valence-corrected chi connectivity index (χ1v) is 16.8. The fourth-order valence-corrected chi connectivity index (χ4v) is 7.18. The first kappa shape index (κ1) is 33.3.